The summed E-state index contributed by atoms with van der Waals surface area (Å²) in [5.74, 6) is -4.13. The summed E-state index contributed by atoms with van der Waals surface area (Å²) in [4.78, 5) is 50.3. The molecule has 0 amide bonds. The molecule has 1 aromatic carbocycles. The number of methoxy groups -OCH3 is 2. The van der Waals surface area contributed by atoms with Gasteiger partial charge in [-0.1, -0.05) is 19.1 Å². The number of benzene rings is 1. The minimum absolute atomic E-state index is 0.00541. The Hall–Kier alpha value is -3.53. The molecule has 0 radical (unpaired) electrons. The summed E-state index contributed by atoms with van der Waals surface area (Å²) < 4.78 is 15.2. The van der Waals surface area contributed by atoms with Crippen LogP contribution in [0.25, 0.3) is 0 Å². The maximum Gasteiger partial charge on any atom is 0.336 e. The largest absolute Gasteiger partial charge is 0.468 e. The maximum absolute atomic E-state index is 13.6. The van der Waals surface area contributed by atoms with E-state index in [2.05, 4.69) is 5.32 Å². The highest BCUT2D eigenvalue weighted by Gasteiger charge is 2.47. The molecular weight excluding hydrogens is 444 g/mol. The number of nitro benzene ring substituents is 1. The number of dihydropyridines is 1. The molecule has 182 valence electrons. The number of Topliss-reactive ketones (excluding diaryl/α,β-unsaturated/α-hetero) is 1. The van der Waals surface area contributed by atoms with Gasteiger partial charge in [0.25, 0.3) is 5.69 Å². The van der Waals surface area contributed by atoms with E-state index in [1.807, 2.05) is 0 Å². The first-order chi connectivity index (χ1) is 16.1. The van der Waals surface area contributed by atoms with Gasteiger partial charge in [0.2, 0.25) is 0 Å². The van der Waals surface area contributed by atoms with Crippen LogP contribution in [0.15, 0.2) is 40.7 Å². The molecule has 1 aliphatic heterocycles. The summed E-state index contributed by atoms with van der Waals surface area (Å²) in [5.41, 5.74) is 2.12. The monoisotopic (exact) mass is 472 g/mol. The van der Waals surface area contributed by atoms with Gasteiger partial charge in [0, 0.05) is 41.6 Å². The Labute approximate surface area is 197 Å². The van der Waals surface area contributed by atoms with E-state index >= 15 is 0 Å². The summed E-state index contributed by atoms with van der Waals surface area (Å²) in [5, 5.41) is 14.8. The van der Waals surface area contributed by atoms with Crippen LogP contribution in [0.2, 0.25) is 0 Å². The van der Waals surface area contributed by atoms with Crippen LogP contribution in [0, 0.1) is 28.9 Å². The predicted octanol–water partition coefficient (Wildman–Crippen LogP) is 2.71. The van der Waals surface area contributed by atoms with E-state index in [-0.39, 0.29) is 36.0 Å². The standard InChI is InChI=1S/C24H28N2O8/c1-12-6-7-15(11-17(12)26(30)31)20-19(24(29)34-9-8-32-4)14(3)25-16-10-13(2)18(23(28)33-5)22(27)21(16)20/h6-7,11,13,18,20,25H,8-10H2,1-5H3/t13-,18-,20+/m1/s1. The van der Waals surface area contributed by atoms with E-state index in [0.717, 1.165) is 0 Å². The van der Waals surface area contributed by atoms with Crippen molar-refractivity contribution >= 4 is 23.4 Å². The van der Waals surface area contributed by atoms with Crippen LogP contribution in [0.3, 0.4) is 0 Å². The van der Waals surface area contributed by atoms with Gasteiger partial charge in [-0.05, 0) is 31.7 Å². The molecule has 34 heavy (non-hydrogen) atoms. The Balaban J connectivity index is 2.19. The van der Waals surface area contributed by atoms with Gasteiger partial charge in [-0.3, -0.25) is 19.7 Å². The Morgan fingerprint density at radius 1 is 1.21 bits per heavy atom. The molecular formula is C24H28N2O8. The summed E-state index contributed by atoms with van der Waals surface area (Å²) in [7, 11) is 2.69. The second-order valence-corrected chi connectivity index (χ2v) is 8.47. The molecule has 10 heteroatoms. The van der Waals surface area contributed by atoms with Gasteiger partial charge < -0.3 is 19.5 Å². The number of nitrogens with one attached hydrogen (secondary N) is 1. The molecule has 1 N–H and O–H groups in total. The summed E-state index contributed by atoms with van der Waals surface area (Å²) >= 11 is 0. The third kappa shape index (κ3) is 4.58. The van der Waals surface area contributed by atoms with Gasteiger partial charge >= 0.3 is 11.9 Å². The van der Waals surface area contributed by atoms with Crippen LogP contribution in [-0.2, 0) is 28.6 Å². The lowest BCUT2D eigenvalue weighted by Crippen LogP contribution is -2.43. The predicted molar refractivity (Wildman–Crippen MR) is 121 cm³/mol. The molecule has 1 aromatic rings. The van der Waals surface area contributed by atoms with Gasteiger partial charge in [-0.25, -0.2) is 4.79 Å². The molecule has 0 fully saturated rings. The Kier molecular flexibility index (Phi) is 7.51. The Bertz CT molecular complexity index is 1100. The smallest absolute Gasteiger partial charge is 0.336 e. The molecule has 1 heterocycles. The number of nitro groups is 1. The van der Waals surface area contributed by atoms with Crippen molar-refractivity contribution in [2.75, 3.05) is 27.4 Å². The number of allylic oxidation sites excluding steroid dienone is 3. The zero-order valence-corrected chi connectivity index (χ0v) is 19.8. The normalized spacial score (nSPS) is 22.1. The van der Waals surface area contributed by atoms with E-state index in [4.69, 9.17) is 14.2 Å². The zero-order valence-electron chi connectivity index (χ0n) is 19.8. The van der Waals surface area contributed by atoms with E-state index in [9.17, 15) is 24.5 Å². The van der Waals surface area contributed by atoms with Crippen molar-refractivity contribution in [1.82, 2.24) is 5.32 Å². The molecule has 0 unspecified atom stereocenters. The van der Waals surface area contributed by atoms with E-state index in [0.29, 0.717) is 28.9 Å². The average molecular weight is 472 g/mol. The summed E-state index contributed by atoms with van der Waals surface area (Å²) in [6, 6.07) is 4.59. The molecule has 10 nitrogen and oxygen atoms in total. The first-order valence-corrected chi connectivity index (χ1v) is 10.9. The quantitative estimate of drug-likeness (QED) is 0.209. The van der Waals surface area contributed by atoms with Crippen LogP contribution in [0.4, 0.5) is 5.69 Å². The van der Waals surface area contributed by atoms with Crippen molar-refractivity contribution in [3.05, 3.63) is 62.0 Å². The molecule has 3 atom stereocenters. The molecule has 0 spiro atoms. The van der Waals surface area contributed by atoms with Gasteiger partial charge in [0.1, 0.15) is 12.5 Å². The molecule has 1 aliphatic carbocycles. The van der Waals surface area contributed by atoms with E-state index in [1.54, 1.807) is 32.9 Å². The van der Waals surface area contributed by atoms with E-state index < -0.39 is 34.5 Å². The number of esters is 2. The molecule has 0 aromatic heterocycles. The number of nitrogens with zero attached hydrogens (tertiary/aromatic N) is 1. The average Bonchev–Trinajstić information content (AvgIpc) is 2.78. The van der Waals surface area contributed by atoms with Crippen LogP contribution in [-0.4, -0.2) is 50.1 Å². The number of aryl methyl sites for hydroxylation is 1. The van der Waals surface area contributed by atoms with Crippen LogP contribution < -0.4 is 5.32 Å². The second-order valence-electron chi connectivity index (χ2n) is 8.47. The minimum Gasteiger partial charge on any atom is -0.468 e. The van der Waals surface area contributed by atoms with Gasteiger partial charge in [0.15, 0.2) is 5.78 Å². The number of hydrogen-bond acceptors (Lipinski definition) is 9. The zero-order chi connectivity index (χ0) is 25.2. The summed E-state index contributed by atoms with van der Waals surface area (Å²) in [6.45, 7) is 5.25. The maximum atomic E-state index is 13.6. The van der Waals surface area contributed by atoms with Crippen LogP contribution in [0.5, 0.6) is 0 Å². The lowest BCUT2D eigenvalue weighted by Gasteiger charge is -2.38. The number of ketones is 1. The molecule has 2 aliphatic rings. The lowest BCUT2D eigenvalue weighted by atomic mass is 9.69. The number of ether oxygens (including phenoxy) is 3. The van der Waals surface area contributed by atoms with Crippen LogP contribution in [0.1, 0.15) is 37.3 Å². The molecule has 0 saturated heterocycles. The number of rotatable bonds is 7. The fourth-order valence-corrected chi connectivity index (χ4v) is 4.58. The number of hydrogen-bond donors (Lipinski definition) is 1. The van der Waals surface area contributed by atoms with Crippen molar-refractivity contribution in [1.29, 1.82) is 0 Å². The number of carbonyl (C=O) groups is 3. The second kappa shape index (κ2) is 10.2. The van der Waals surface area contributed by atoms with Crippen molar-refractivity contribution in [3.8, 4) is 0 Å². The Morgan fingerprint density at radius 2 is 1.91 bits per heavy atom. The highest BCUT2D eigenvalue weighted by atomic mass is 16.6. The first kappa shape index (κ1) is 25.1. The third-order valence-electron chi connectivity index (χ3n) is 6.25. The van der Waals surface area contributed by atoms with Crippen LogP contribution >= 0.6 is 0 Å². The topological polar surface area (TPSA) is 134 Å². The molecule has 3 rings (SSSR count). The van der Waals surface area contributed by atoms with Gasteiger partial charge in [0.05, 0.1) is 24.2 Å². The highest BCUT2D eigenvalue weighted by Crippen LogP contribution is 2.46. The fourth-order valence-electron chi connectivity index (χ4n) is 4.58. The van der Waals surface area contributed by atoms with E-state index in [1.165, 1.54) is 20.3 Å². The van der Waals surface area contributed by atoms with Crippen molar-refractivity contribution in [2.45, 2.75) is 33.1 Å². The number of carbonyl (C=O) groups excluding carboxylic acids is 3. The molecule has 0 bridgehead atoms. The third-order valence-corrected chi connectivity index (χ3v) is 6.25. The van der Waals surface area contributed by atoms with Gasteiger partial charge in [-0.2, -0.15) is 0 Å². The van der Waals surface area contributed by atoms with Crippen molar-refractivity contribution in [2.24, 2.45) is 11.8 Å². The Morgan fingerprint density at radius 3 is 2.53 bits per heavy atom. The fraction of sp³-hybridized carbons (Fsp3) is 0.458. The minimum atomic E-state index is -1.04. The SMILES string of the molecule is COCCOC(=O)C1=C(C)NC2=C(C(=O)[C@H](C(=O)OC)[C@H](C)C2)[C@H]1c1ccc(C)c([N+](=O)[O-])c1. The lowest BCUT2D eigenvalue weighted by molar-refractivity contribution is -0.385. The highest BCUT2D eigenvalue weighted by molar-refractivity contribution is 6.12. The molecule has 0 saturated carbocycles. The van der Waals surface area contributed by atoms with Gasteiger partial charge in [-0.15, -0.1) is 0 Å². The van der Waals surface area contributed by atoms with Crippen molar-refractivity contribution < 1.29 is 33.5 Å². The van der Waals surface area contributed by atoms with Crippen molar-refractivity contribution in [3.63, 3.8) is 0 Å². The summed E-state index contributed by atoms with van der Waals surface area (Å²) in [6.07, 6.45) is 0.370. The first-order valence-electron chi connectivity index (χ1n) is 10.9.